The van der Waals surface area contributed by atoms with Crippen molar-refractivity contribution in [1.82, 2.24) is 0 Å². The van der Waals surface area contributed by atoms with Crippen LogP contribution < -0.4 is 0 Å². The Hall–Kier alpha value is -2.19. The van der Waals surface area contributed by atoms with Gasteiger partial charge >= 0.3 is 5.97 Å². The average molecular weight is 184 g/mol. The van der Waals surface area contributed by atoms with Gasteiger partial charge < -0.3 is 4.74 Å². The summed E-state index contributed by atoms with van der Waals surface area (Å²) in [7, 11) is 0. The standard InChI is InChI=1S/C12H8O2/c1-2-12(13)14-10-6-9-11-7-4-3-5-8-11/h1,3-5,7-8H,9H2. The van der Waals surface area contributed by atoms with Crippen LogP contribution in [0, 0.1) is 24.4 Å². The van der Waals surface area contributed by atoms with Crippen LogP contribution in [0.1, 0.15) is 5.56 Å². The van der Waals surface area contributed by atoms with Crippen LogP contribution in [-0.2, 0) is 16.0 Å². The molecule has 0 aliphatic heterocycles. The van der Waals surface area contributed by atoms with E-state index in [1.165, 1.54) is 0 Å². The smallest absolute Gasteiger partial charge is 0.362 e. The molecule has 0 saturated heterocycles. The van der Waals surface area contributed by atoms with E-state index in [0.717, 1.165) is 5.56 Å². The van der Waals surface area contributed by atoms with E-state index in [1.807, 2.05) is 30.3 Å². The summed E-state index contributed by atoms with van der Waals surface area (Å²) in [5.74, 6) is 3.72. The molecule has 0 aromatic heterocycles. The van der Waals surface area contributed by atoms with Crippen molar-refractivity contribution in [3.8, 4) is 24.4 Å². The molecule has 0 aliphatic carbocycles. The molecule has 0 fully saturated rings. The van der Waals surface area contributed by atoms with Crippen molar-refractivity contribution in [1.29, 1.82) is 0 Å². The first-order valence-corrected chi connectivity index (χ1v) is 4.02. The summed E-state index contributed by atoms with van der Waals surface area (Å²) in [6.07, 6.45) is 7.56. The van der Waals surface area contributed by atoms with Crippen molar-refractivity contribution >= 4 is 5.97 Å². The molecule has 0 unspecified atom stereocenters. The maximum Gasteiger partial charge on any atom is 0.398 e. The van der Waals surface area contributed by atoms with Crippen LogP contribution in [0.3, 0.4) is 0 Å². The van der Waals surface area contributed by atoms with Gasteiger partial charge in [0.25, 0.3) is 0 Å². The molecule has 0 radical (unpaired) electrons. The van der Waals surface area contributed by atoms with Gasteiger partial charge in [0.15, 0.2) is 0 Å². The Balaban J connectivity index is 2.42. The van der Waals surface area contributed by atoms with Crippen molar-refractivity contribution in [3.63, 3.8) is 0 Å². The van der Waals surface area contributed by atoms with Gasteiger partial charge in [0.05, 0.1) is 0 Å². The normalized spacial score (nSPS) is 7.93. The van der Waals surface area contributed by atoms with Crippen molar-refractivity contribution in [2.24, 2.45) is 0 Å². The molecule has 0 spiro atoms. The summed E-state index contributed by atoms with van der Waals surface area (Å²) in [6.45, 7) is 0. The molecular weight excluding hydrogens is 176 g/mol. The number of terminal acetylenes is 1. The topological polar surface area (TPSA) is 26.3 Å². The van der Waals surface area contributed by atoms with Crippen molar-refractivity contribution in [3.05, 3.63) is 35.9 Å². The summed E-state index contributed by atoms with van der Waals surface area (Å²) in [5, 5.41) is 0. The monoisotopic (exact) mass is 184 g/mol. The fourth-order valence-electron chi connectivity index (χ4n) is 0.846. The number of carbonyl (C=O) groups is 1. The Bertz CT molecular complexity index is 401. The molecule has 1 aromatic carbocycles. The predicted molar refractivity (Wildman–Crippen MR) is 52.8 cm³/mol. The fraction of sp³-hybridized carbons (Fsp3) is 0.0833. The Morgan fingerprint density at radius 3 is 2.71 bits per heavy atom. The quantitative estimate of drug-likeness (QED) is 0.374. The second-order valence-corrected chi connectivity index (χ2v) is 2.48. The lowest BCUT2D eigenvalue weighted by atomic mass is 10.2. The summed E-state index contributed by atoms with van der Waals surface area (Å²) >= 11 is 0. The van der Waals surface area contributed by atoms with Crippen LogP contribution in [0.15, 0.2) is 30.3 Å². The van der Waals surface area contributed by atoms with Crippen molar-refractivity contribution in [2.75, 3.05) is 0 Å². The second kappa shape index (κ2) is 5.45. The lowest BCUT2D eigenvalue weighted by Gasteiger charge is -1.90. The van der Waals surface area contributed by atoms with E-state index in [-0.39, 0.29) is 0 Å². The predicted octanol–water partition coefficient (Wildman–Crippen LogP) is 1.37. The third-order valence-corrected chi connectivity index (χ3v) is 1.47. The first kappa shape index (κ1) is 9.89. The molecule has 0 saturated carbocycles. The lowest BCUT2D eigenvalue weighted by molar-refractivity contribution is -0.130. The van der Waals surface area contributed by atoms with Gasteiger partial charge in [-0.05, 0) is 5.56 Å². The van der Waals surface area contributed by atoms with Crippen molar-refractivity contribution in [2.45, 2.75) is 6.42 Å². The summed E-state index contributed by atoms with van der Waals surface area (Å²) in [6, 6.07) is 9.65. The number of benzene rings is 1. The largest absolute Gasteiger partial charge is 0.398 e. The van der Waals surface area contributed by atoms with Gasteiger partial charge in [0.2, 0.25) is 0 Å². The van der Waals surface area contributed by atoms with E-state index in [0.29, 0.717) is 6.42 Å². The summed E-state index contributed by atoms with van der Waals surface area (Å²) in [5.41, 5.74) is 1.07. The molecule has 0 aliphatic rings. The first-order chi connectivity index (χ1) is 6.83. The van der Waals surface area contributed by atoms with Crippen LogP contribution >= 0.6 is 0 Å². The minimum atomic E-state index is -0.759. The first-order valence-electron chi connectivity index (χ1n) is 4.02. The molecule has 0 heterocycles. The maximum atomic E-state index is 10.5. The minimum absolute atomic E-state index is 0.540. The fourth-order valence-corrected chi connectivity index (χ4v) is 0.846. The second-order valence-electron chi connectivity index (χ2n) is 2.48. The maximum absolute atomic E-state index is 10.5. The van der Waals surface area contributed by atoms with E-state index in [9.17, 15) is 4.79 Å². The lowest BCUT2D eigenvalue weighted by Crippen LogP contribution is -1.93. The highest BCUT2D eigenvalue weighted by Crippen LogP contribution is 1.97. The Morgan fingerprint density at radius 2 is 2.07 bits per heavy atom. The van der Waals surface area contributed by atoms with E-state index in [4.69, 9.17) is 6.42 Å². The number of ether oxygens (including phenoxy) is 1. The summed E-state index contributed by atoms with van der Waals surface area (Å²) < 4.78 is 4.38. The molecule has 68 valence electrons. The highest BCUT2D eigenvalue weighted by molar-refractivity contribution is 5.88. The third-order valence-electron chi connectivity index (χ3n) is 1.47. The SMILES string of the molecule is C#CC(=O)OC#CCc1ccccc1. The Labute approximate surface area is 82.9 Å². The van der Waals surface area contributed by atoms with Crippen LogP contribution in [0.5, 0.6) is 0 Å². The zero-order valence-electron chi connectivity index (χ0n) is 7.49. The van der Waals surface area contributed by atoms with Gasteiger partial charge in [-0.1, -0.05) is 36.3 Å². The van der Waals surface area contributed by atoms with E-state index in [2.05, 4.69) is 16.8 Å². The van der Waals surface area contributed by atoms with Crippen LogP contribution in [0.2, 0.25) is 0 Å². The number of hydrogen-bond acceptors (Lipinski definition) is 2. The number of carbonyl (C=O) groups excluding carboxylic acids is 1. The number of rotatable bonds is 1. The zero-order valence-corrected chi connectivity index (χ0v) is 7.49. The number of hydrogen-bond donors (Lipinski definition) is 0. The summed E-state index contributed by atoms with van der Waals surface area (Å²) in [4.78, 5) is 10.5. The van der Waals surface area contributed by atoms with E-state index < -0.39 is 5.97 Å². The molecule has 1 rings (SSSR count). The average Bonchev–Trinajstić information content (AvgIpc) is 2.25. The van der Waals surface area contributed by atoms with Gasteiger partial charge in [0.1, 0.15) is 6.11 Å². The van der Waals surface area contributed by atoms with E-state index >= 15 is 0 Å². The highest BCUT2D eigenvalue weighted by Gasteiger charge is 1.90. The van der Waals surface area contributed by atoms with Gasteiger partial charge in [-0.2, -0.15) is 0 Å². The minimum Gasteiger partial charge on any atom is -0.362 e. The van der Waals surface area contributed by atoms with E-state index in [1.54, 1.807) is 5.92 Å². The molecule has 0 N–H and O–H groups in total. The van der Waals surface area contributed by atoms with Crippen molar-refractivity contribution < 1.29 is 9.53 Å². The molecule has 0 bridgehead atoms. The van der Waals surface area contributed by atoms with Crippen LogP contribution in [0.4, 0.5) is 0 Å². The number of esters is 1. The van der Waals surface area contributed by atoms with Crippen LogP contribution in [-0.4, -0.2) is 5.97 Å². The van der Waals surface area contributed by atoms with Gasteiger partial charge in [-0.15, -0.1) is 6.42 Å². The molecule has 0 atom stereocenters. The Kier molecular flexibility index (Phi) is 3.86. The Morgan fingerprint density at radius 1 is 1.36 bits per heavy atom. The molecule has 1 aromatic rings. The molecule has 2 heteroatoms. The van der Waals surface area contributed by atoms with Gasteiger partial charge in [-0.25, -0.2) is 4.79 Å². The van der Waals surface area contributed by atoms with Crippen LogP contribution in [0.25, 0.3) is 0 Å². The van der Waals surface area contributed by atoms with Gasteiger partial charge in [-0.3, -0.25) is 0 Å². The zero-order chi connectivity index (χ0) is 10.2. The molecule has 0 amide bonds. The molecule has 2 nitrogen and oxygen atoms in total. The third kappa shape index (κ3) is 3.47. The molecular formula is C12H8O2. The highest BCUT2D eigenvalue weighted by atomic mass is 16.5. The van der Waals surface area contributed by atoms with Gasteiger partial charge in [0, 0.05) is 12.3 Å². The molecule has 14 heavy (non-hydrogen) atoms.